The molecule has 0 unspecified atom stereocenters. The van der Waals surface area contributed by atoms with Crippen LogP contribution in [0.15, 0.2) is 71.6 Å². The SMILES string of the molecule is CCNC(=O)[C@@H](C)N(Cc1ccc(C)cc1)C(=O)CN(c1ccc(OC)cc1)S(=O)(=O)c1ccc(C)c([N+](=O)[O-])c1. The third-order valence-electron chi connectivity index (χ3n) is 6.60. The maximum absolute atomic E-state index is 14.0. The number of anilines is 1. The van der Waals surface area contributed by atoms with Gasteiger partial charge in [0.25, 0.3) is 15.7 Å². The molecule has 0 saturated heterocycles. The quantitative estimate of drug-likeness (QED) is 0.252. The Morgan fingerprint density at radius 1 is 1.02 bits per heavy atom. The minimum absolute atomic E-state index is 0.0594. The lowest BCUT2D eigenvalue weighted by atomic mass is 10.1. The van der Waals surface area contributed by atoms with Crippen molar-refractivity contribution in [3.8, 4) is 5.75 Å². The summed E-state index contributed by atoms with van der Waals surface area (Å²) < 4.78 is 34.0. The van der Waals surface area contributed by atoms with E-state index in [9.17, 15) is 28.1 Å². The number of hydrogen-bond donors (Lipinski definition) is 1. The number of nitrogens with one attached hydrogen (secondary N) is 1. The van der Waals surface area contributed by atoms with E-state index >= 15 is 0 Å². The number of methoxy groups -OCH3 is 1. The fraction of sp³-hybridized carbons (Fsp3) is 0.310. The number of carbonyl (C=O) groups excluding carboxylic acids is 2. The highest BCUT2D eigenvalue weighted by atomic mass is 32.2. The molecule has 0 aromatic heterocycles. The number of hydrogen-bond acceptors (Lipinski definition) is 7. The van der Waals surface area contributed by atoms with E-state index in [1.165, 1.54) is 43.2 Å². The first-order valence-corrected chi connectivity index (χ1v) is 14.4. The average Bonchev–Trinajstić information content (AvgIpc) is 2.95. The minimum Gasteiger partial charge on any atom is -0.497 e. The lowest BCUT2D eigenvalue weighted by Gasteiger charge is -2.32. The number of sulfonamides is 1. The van der Waals surface area contributed by atoms with Gasteiger partial charge in [0, 0.05) is 24.7 Å². The Morgan fingerprint density at radius 2 is 1.66 bits per heavy atom. The molecular weight excluding hydrogens is 548 g/mol. The fourth-order valence-electron chi connectivity index (χ4n) is 4.15. The topological polar surface area (TPSA) is 139 Å². The molecule has 11 nitrogen and oxygen atoms in total. The summed E-state index contributed by atoms with van der Waals surface area (Å²) in [6.07, 6.45) is 0. The number of rotatable bonds is 12. The van der Waals surface area contributed by atoms with Crippen molar-refractivity contribution in [3.05, 3.63) is 93.5 Å². The molecule has 41 heavy (non-hydrogen) atoms. The van der Waals surface area contributed by atoms with Crippen LogP contribution >= 0.6 is 0 Å². The summed E-state index contributed by atoms with van der Waals surface area (Å²) in [5, 5.41) is 14.3. The fourth-order valence-corrected chi connectivity index (χ4v) is 5.58. The van der Waals surface area contributed by atoms with Gasteiger partial charge >= 0.3 is 0 Å². The van der Waals surface area contributed by atoms with Crippen LogP contribution < -0.4 is 14.4 Å². The van der Waals surface area contributed by atoms with E-state index in [0.717, 1.165) is 21.5 Å². The summed E-state index contributed by atoms with van der Waals surface area (Å²) in [5.41, 5.74) is 1.85. The predicted molar refractivity (Wildman–Crippen MR) is 155 cm³/mol. The molecule has 3 rings (SSSR count). The Kier molecular flexibility index (Phi) is 10.1. The predicted octanol–water partition coefficient (Wildman–Crippen LogP) is 3.97. The molecule has 0 spiro atoms. The molecule has 2 amide bonds. The van der Waals surface area contributed by atoms with Crippen LogP contribution in [-0.4, -0.2) is 56.3 Å². The third kappa shape index (κ3) is 7.40. The number of ether oxygens (including phenoxy) is 1. The van der Waals surface area contributed by atoms with Gasteiger partial charge in [-0.15, -0.1) is 0 Å². The van der Waals surface area contributed by atoms with E-state index in [0.29, 0.717) is 17.9 Å². The maximum Gasteiger partial charge on any atom is 0.273 e. The molecule has 0 heterocycles. The summed E-state index contributed by atoms with van der Waals surface area (Å²) in [5.74, 6) is -0.555. The van der Waals surface area contributed by atoms with Crippen LogP contribution in [0.1, 0.15) is 30.5 Å². The Hall–Kier alpha value is -4.45. The highest BCUT2D eigenvalue weighted by Crippen LogP contribution is 2.29. The highest BCUT2D eigenvalue weighted by Gasteiger charge is 2.33. The molecular formula is C29H34N4O7S. The molecule has 1 atom stereocenters. The number of likely N-dealkylation sites (N-methyl/N-ethyl adjacent to an activating group) is 1. The first kappa shape index (κ1) is 31.1. The molecule has 0 saturated carbocycles. The summed E-state index contributed by atoms with van der Waals surface area (Å²) in [7, 11) is -3.01. The maximum atomic E-state index is 14.0. The Labute approximate surface area is 239 Å². The van der Waals surface area contributed by atoms with E-state index in [1.807, 2.05) is 31.2 Å². The van der Waals surface area contributed by atoms with Crippen molar-refractivity contribution < 1.29 is 27.7 Å². The van der Waals surface area contributed by atoms with E-state index in [2.05, 4.69) is 5.32 Å². The van der Waals surface area contributed by atoms with Crippen LogP contribution in [0.3, 0.4) is 0 Å². The van der Waals surface area contributed by atoms with Crippen LogP contribution in [0.5, 0.6) is 5.75 Å². The van der Waals surface area contributed by atoms with E-state index in [4.69, 9.17) is 4.74 Å². The summed E-state index contributed by atoms with van der Waals surface area (Å²) in [4.78, 5) is 38.5. The number of nitro benzene ring substituents is 1. The van der Waals surface area contributed by atoms with Gasteiger partial charge in [-0.3, -0.25) is 24.0 Å². The number of nitro groups is 1. The van der Waals surface area contributed by atoms with Crippen molar-refractivity contribution in [1.29, 1.82) is 0 Å². The summed E-state index contributed by atoms with van der Waals surface area (Å²) >= 11 is 0. The molecule has 0 radical (unpaired) electrons. The molecule has 218 valence electrons. The van der Waals surface area contributed by atoms with Gasteiger partial charge in [0.05, 0.1) is 22.6 Å². The zero-order valence-corrected chi connectivity index (χ0v) is 24.5. The zero-order valence-electron chi connectivity index (χ0n) is 23.7. The minimum atomic E-state index is -4.47. The first-order valence-electron chi connectivity index (χ1n) is 12.9. The lowest BCUT2D eigenvalue weighted by Crippen LogP contribution is -2.51. The van der Waals surface area contributed by atoms with Crippen LogP contribution in [0.4, 0.5) is 11.4 Å². The Morgan fingerprint density at radius 3 is 2.22 bits per heavy atom. The molecule has 0 fully saturated rings. The van der Waals surface area contributed by atoms with Gasteiger partial charge in [-0.1, -0.05) is 35.9 Å². The van der Waals surface area contributed by atoms with Crippen molar-refractivity contribution in [2.24, 2.45) is 0 Å². The van der Waals surface area contributed by atoms with Crippen LogP contribution in [-0.2, 0) is 26.2 Å². The zero-order chi connectivity index (χ0) is 30.3. The molecule has 0 aliphatic rings. The first-order chi connectivity index (χ1) is 19.4. The van der Waals surface area contributed by atoms with E-state index in [-0.39, 0.29) is 28.7 Å². The van der Waals surface area contributed by atoms with Crippen LogP contribution in [0.25, 0.3) is 0 Å². The van der Waals surface area contributed by atoms with Gasteiger partial charge in [-0.25, -0.2) is 8.42 Å². The Bertz CT molecular complexity index is 1510. The van der Waals surface area contributed by atoms with Crippen molar-refractivity contribution in [3.63, 3.8) is 0 Å². The largest absolute Gasteiger partial charge is 0.497 e. The van der Waals surface area contributed by atoms with Gasteiger partial charge in [0.15, 0.2) is 0 Å². The number of aryl methyl sites for hydroxylation is 2. The van der Waals surface area contributed by atoms with Crippen LogP contribution in [0.2, 0.25) is 0 Å². The van der Waals surface area contributed by atoms with Crippen molar-refractivity contribution >= 4 is 33.2 Å². The second kappa shape index (κ2) is 13.3. The molecule has 0 aliphatic heterocycles. The number of nitrogens with zero attached hydrogens (tertiary/aromatic N) is 3. The Balaban J connectivity index is 2.08. The van der Waals surface area contributed by atoms with Gasteiger partial charge in [0.2, 0.25) is 11.8 Å². The molecule has 1 N–H and O–H groups in total. The molecule has 3 aromatic rings. The van der Waals surface area contributed by atoms with Gasteiger partial charge in [-0.2, -0.15) is 0 Å². The number of carbonyl (C=O) groups is 2. The number of amides is 2. The molecule has 12 heteroatoms. The smallest absolute Gasteiger partial charge is 0.273 e. The highest BCUT2D eigenvalue weighted by molar-refractivity contribution is 7.92. The normalized spacial score (nSPS) is 11.8. The molecule has 0 bridgehead atoms. The van der Waals surface area contributed by atoms with Gasteiger partial charge in [-0.05, 0) is 63.6 Å². The second-order valence-corrected chi connectivity index (χ2v) is 11.4. The molecule has 0 aliphatic carbocycles. The standard InChI is InChI=1S/C29H34N4O7S/c1-6-30-29(35)22(4)31(18-23-10-7-20(2)8-11-23)28(34)19-32(24-12-14-25(40-5)15-13-24)41(38,39)26-16-9-21(3)27(17-26)33(36)37/h7-17,22H,6,18-19H2,1-5H3,(H,30,35)/t22-/m1/s1. The van der Waals surface area contributed by atoms with Crippen molar-refractivity contribution in [1.82, 2.24) is 10.2 Å². The lowest BCUT2D eigenvalue weighted by molar-refractivity contribution is -0.385. The van der Waals surface area contributed by atoms with E-state index < -0.39 is 33.4 Å². The third-order valence-corrected chi connectivity index (χ3v) is 8.37. The molecule has 3 aromatic carbocycles. The summed E-state index contributed by atoms with van der Waals surface area (Å²) in [6, 6.07) is 16.2. The van der Waals surface area contributed by atoms with Crippen molar-refractivity contribution in [2.45, 2.75) is 45.2 Å². The number of benzene rings is 3. The summed E-state index contributed by atoms with van der Waals surface area (Å²) in [6.45, 7) is 6.52. The van der Waals surface area contributed by atoms with Crippen LogP contribution in [0, 0.1) is 24.0 Å². The average molecular weight is 583 g/mol. The second-order valence-electron chi connectivity index (χ2n) is 9.49. The van der Waals surface area contributed by atoms with Gasteiger partial charge < -0.3 is 15.0 Å². The van der Waals surface area contributed by atoms with Gasteiger partial charge in [0.1, 0.15) is 18.3 Å². The van der Waals surface area contributed by atoms with E-state index in [1.54, 1.807) is 26.0 Å². The monoisotopic (exact) mass is 582 g/mol. The van der Waals surface area contributed by atoms with Crippen molar-refractivity contribution in [2.75, 3.05) is 24.5 Å².